The number of hydrogen-bond donors (Lipinski definition) is 1. The predicted octanol–water partition coefficient (Wildman–Crippen LogP) is 1.96. The highest BCUT2D eigenvalue weighted by Gasteiger charge is 2.13. The van der Waals surface area contributed by atoms with E-state index >= 15 is 0 Å². The van der Waals surface area contributed by atoms with Gasteiger partial charge in [-0.1, -0.05) is 12.1 Å². The summed E-state index contributed by atoms with van der Waals surface area (Å²) >= 11 is 0. The first-order chi connectivity index (χ1) is 7.88. The van der Waals surface area contributed by atoms with Crippen LogP contribution in [0.15, 0.2) is 24.3 Å². The largest absolute Gasteiger partial charge is 0.489 e. The summed E-state index contributed by atoms with van der Waals surface area (Å²) in [6.07, 6.45) is 2.67. The van der Waals surface area contributed by atoms with Gasteiger partial charge in [-0.3, -0.25) is 0 Å². The van der Waals surface area contributed by atoms with Crippen LogP contribution in [0.2, 0.25) is 0 Å². The summed E-state index contributed by atoms with van der Waals surface area (Å²) in [5, 5.41) is 3.34. The van der Waals surface area contributed by atoms with E-state index in [1.807, 2.05) is 12.1 Å². The molecule has 1 unspecified atom stereocenters. The molecule has 88 valence electrons. The SMILES string of the molecule is COCc1ccc(OC2CCCNC2)cc1. The maximum atomic E-state index is 5.89. The predicted molar refractivity (Wildman–Crippen MR) is 63.7 cm³/mol. The Balaban J connectivity index is 1.88. The van der Waals surface area contributed by atoms with E-state index in [1.54, 1.807) is 7.11 Å². The Morgan fingerprint density at radius 2 is 2.12 bits per heavy atom. The van der Waals surface area contributed by atoms with Gasteiger partial charge in [0.2, 0.25) is 0 Å². The van der Waals surface area contributed by atoms with Gasteiger partial charge in [-0.25, -0.2) is 0 Å². The van der Waals surface area contributed by atoms with Crippen molar-refractivity contribution in [1.29, 1.82) is 0 Å². The maximum absolute atomic E-state index is 5.89. The zero-order valence-electron chi connectivity index (χ0n) is 9.74. The Kier molecular flexibility index (Phi) is 4.19. The lowest BCUT2D eigenvalue weighted by Gasteiger charge is -2.23. The molecule has 1 saturated heterocycles. The van der Waals surface area contributed by atoms with Crippen LogP contribution in [0.25, 0.3) is 0 Å². The number of rotatable bonds is 4. The van der Waals surface area contributed by atoms with Crippen molar-refractivity contribution in [2.45, 2.75) is 25.6 Å². The third-order valence-corrected chi connectivity index (χ3v) is 2.79. The molecule has 1 aromatic carbocycles. The fraction of sp³-hybridized carbons (Fsp3) is 0.538. The number of ether oxygens (including phenoxy) is 2. The van der Waals surface area contributed by atoms with E-state index in [2.05, 4.69) is 17.4 Å². The molecule has 1 aromatic rings. The van der Waals surface area contributed by atoms with E-state index in [0.717, 1.165) is 25.3 Å². The number of benzene rings is 1. The molecule has 16 heavy (non-hydrogen) atoms. The Bertz CT molecular complexity index is 304. The van der Waals surface area contributed by atoms with Crippen LogP contribution in [-0.4, -0.2) is 26.3 Å². The highest BCUT2D eigenvalue weighted by Crippen LogP contribution is 2.16. The summed E-state index contributed by atoms with van der Waals surface area (Å²) in [6, 6.07) is 8.14. The molecule has 3 nitrogen and oxygen atoms in total. The fourth-order valence-electron chi connectivity index (χ4n) is 1.94. The first-order valence-corrected chi connectivity index (χ1v) is 5.84. The molecule has 2 rings (SSSR count). The Morgan fingerprint density at radius 3 is 2.75 bits per heavy atom. The van der Waals surface area contributed by atoms with Gasteiger partial charge < -0.3 is 14.8 Å². The molecule has 0 amide bonds. The lowest BCUT2D eigenvalue weighted by molar-refractivity contribution is 0.166. The van der Waals surface area contributed by atoms with Crippen LogP contribution in [0.3, 0.4) is 0 Å². The van der Waals surface area contributed by atoms with Gasteiger partial charge in [0.05, 0.1) is 6.61 Å². The Hall–Kier alpha value is -1.06. The topological polar surface area (TPSA) is 30.5 Å². The highest BCUT2D eigenvalue weighted by atomic mass is 16.5. The van der Waals surface area contributed by atoms with Crippen molar-refractivity contribution in [1.82, 2.24) is 5.32 Å². The van der Waals surface area contributed by atoms with Crippen LogP contribution in [0.1, 0.15) is 18.4 Å². The second-order valence-corrected chi connectivity index (χ2v) is 4.16. The Labute approximate surface area is 96.8 Å². The van der Waals surface area contributed by atoms with Crippen molar-refractivity contribution in [3.8, 4) is 5.75 Å². The number of methoxy groups -OCH3 is 1. The van der Waals surface area contributed by atoms with E-state index in [-0.39, 0.29) is 0 Å². The lowest BCUT2D eigenvalue weighted by Crippen LogP contribution is -2.37. The molecule has 1 atom stereocenters. The van der Waals surface area contributed by atoms with Gasteiger partial charge in [0, 0.05) is 13.7 Å². The second-order valence-electron chi connectivity index (χ2n) is 4.16. The van der Waals surface area contributed by atoms with E-state index in [9.17, 15) is 0 Å². The van der Waals surface area contributed by atoms with Crippen molar-refractivity contribution >= 4 is 0 Å². The van der Waals surface area contributed by atoms with Crippen LogP contribution in [-0.2, 0) is 11.3 Å². The van der Waals surface area contributed by atoms with E-state index in [1.165, 1.54) is 12.0 Å². The van der Waals surface area contributed by atoms with Gasteiger partial charge in [0.15, 0.2) is 0 Å². The molecule has 0 spiro atoms. The number of hydrogen-bond acceptors (Lipinski definition) is 3. The first kappa shape index (κ1) is 11.4. The molecule has 1 N–H and O–H groups in total. The molecule has 1 heterocycles. The lowest BCUT2D eigenvalue weighted by atomic mass is 10.1. The maximum Gasteiger partial charge on any atom is 0.119 e. The molecule has 3 heteroatoms. The van der Waals surface area contributed by atoms with E-state index in [0.29, 0.717) is 12.7 Å². The molecule has 1 fully saturated rings. The molecular formula is C13H19NO2. The normalized spacial score (nSPS) is 20.7. The molecule has 1 aliphatic rings. The smallest absolute Gasteiger partial charge is 0.119 e. The van der Waals surface area contributed by atoms with Crippen molar-refractivity contribution < 1.29 is 9.47 Å². The van der Waals surface area contributed by atoms with Gasteiger partial charge in [0.1, 0.15) is 11.9 Å². The van der Waals surface area contributed by atoms with Crippen molar-refractivity contribution in [3.05, 3.63) is 29.8 Å². The zero-order chi connectivity index (χ0) is 11.2. The minimum absolute atomic E-state index is 0.321. The summed E-state index contributed by atoms with van der Waals surface area (Å²) in [4.78, 5) is 0. The van der Waals surface area contributed by atoms with Crippen molar-refractivity contribution in [3.63, 3.8) is 0 Å². The van der Waals surface area contributed by atoms with E-state index < -0.39 is 0 Å². The van der Waals surface area contributed by atoms with Crippen LogP contribution in [0, 0.1) is 0 Å². The standard InChI is InChI=1S/C13H19NO2/c1-15-10-11-4-6-12(7-5-11)16-13-3-2-8-14-9-13/h4-7,13-14H,2-3,8-10H2,1H3. The van der Waals surface area contributed by atoms with Gasteiger partial charge in [-0.15, -0.1) is 0 Å². The van der Waals surface area contributed by atoms with Crippen LogP contribution in [0.5, 0.6) is 5.75 Å². The molecule has 1 aliphatic heterocycles. The number of piperidine rings is 1. The highest BCUT2D eigenvalue weighted by molar-refractivity contribution is 5.27. The summed E-state index contributed by atoms with van der Waals surface area (Å²) in [5.74, 6) is 0.952. The molecule has 0 aliphatic carbocycles. The summed E-state index contributed by atoms with van der Waals surface area (Å²) < 4.78 is 11.0. The second kappa shape index (κ2) is 5.87. The van der Waals surface area contributed by atoms with Gasteiger partial charge >= 0.3 is 0 Å². The first-order valence-electron chi connectivity index (χ1n) is 5.84. The third-order valence-electron chi connectivity index (χ3n) is 2.79. The molecule has 0 radical (unpaired) electrons. The van der Waals surface area contributed by atoms with Crippen LogP contribution >= 0.6 is 0 Å². The average molecular weight is 221 g/mol. The minimum Gasteiger partial charge on any atom is -0.489 e. The summed E-state index contributed by atoms with van der Waals surface area (Å²) in [7, 11) is 1.71. The summed E-state index contributed by atoms with van der Waals surface area (Å²) in [6.45, 7) is 2.73. The van der Waals surface area contributed by atoms with Crippen molar-refractivity contribution in [2.75, 3.05) is 20.2 Å². The Morgan fingerprint density at radius 1 is 1.31 bits per heavy atom. The van der Waals surface area contributed by atoms with Gasteiger partial charge in [-0.05, 0) is 37.1 Å². The molecule has 0 bridgehead atoms. The quantitative estimate of drug-likeness (QED) is 0.843. The fourth-order valence-corrected chi connectivity index (χ4v) is 1.94. The molecule has 0 saturated carbocycles. The minimum atomic E-state index is 0.321. The zero-order valence-corrected chi connectivity index (χ0v) is 9.74. The summed E-state index contributed by atoms with van der Waals surface area (Å²) in [5.41, 5.74) is 1.18. The molecular weight excluding hydrogens is 202 g/mol. The van der Waals surface area contributed by atoms with Gasteiger partial charge in [0.25, 0.3) is 0 Å². The van der Waals surface area contributed by atoms with Crippen LogP contribution < -0.4 is 10.1 Å². The molecule has 0 aromatic heterocycles. The van der Waals surface area contributed by atoms with Crippen LogP contribution in [0.4, 0.5) is 0 Å². The van der Waals surface area contributed by atoms with E-state index in [4.69, 9.17) is 9.47 Å². The van der Waals surface area contributed by atoms with Gasteiger partial charge in [-0.2, -0.15) is 0 Å². The average Bonchev–Trinajstić information content (AvgIpc) is 2.33. The number of nitrogens with one attached hydrogen (secondary N) is 1. The monoisotopic (exact) mass is 221 g/mol. The van der Waals surface area contributed by atoms with Crippen molar-refractivity contribution in [2.24, 2.45) is 0 Å². The third kappa shape index (κ3) is 3.22.